The summed E-state index contributed by atoms with van der Waals surface area (Å²) in [5.74, 6) is 0. The fourth-order valence-electron chi connectivity index (χ4n) is 2.56. The molecule has 0 spiro atoms. The largest absolute Gasteiger partial charge is 0.482 e. The second-order valence-corrected chi connectivity index (χ2v) is 9.59. The van der Waals surface area contributed by atoms with Crippen LogP contribution in [0.15, 0.2) is 70.5 Å². The predicted octanol–water partition coefficient (Wildman–Crippen LogP) is 6.51. The summed E-state index contributed by atoms with van der Waals surface area (Å²) in [5.41, 5.74) is 0. The molecule has 0 aromatic heterocycles. The number of phosphoric ester groups is 1. The van der Waals surface area contributed by atoms with Crippen molar-refractivity contribution in [3.05, 3.63) is 60.7 Å². The Morgan fingerprint density at radius 3 is 1.88 bits per heavy atom. The summed E-state index contributed by atoms with van der Waals surface area (Å²) < 4.78 is 23.3. The highest BCUT2D eigenvalue weighted by molar-refractivity contribution is 8.15. The van der Waals surface area contributed by atoms with Crippen molar-refractivity contribution in [2.75, 3.05) is 6.61 Å². The molecule has 0 amide bonds. The molecule has 2 aromatic carbocycles. The minimum atomic E-state index is -4.11. The third-order valence-corrected chi connectivity index (χ3v) is 7.44. The Bertz CT molecular complexity index is 627. The van der Waals surface area contributed by atoms with Crippen molar-refractivity contribution in [1.29, 1.82) is 0 Å². The van der Waals surface area contributed by atoms with E-state index in [1.54, 1.807) is 0 Å². The van der Waals surface area contributed by atoms with Crippen LogP contribution in [0.2, 0.25) is 0 Å². The van der Waals surface area contributed by atoms with Gasteiger partial charge in [-0.05, 0) is 30.7 Å². The van der Waals surface area contributed by atoms with Crippen molar-refractivity contribution < 1.29 is 18.0 Å². The smallest absolute Gasteiger partial charge is 0.302 e. The van der Waals surface area contributed by atoms with Gasteiger partial charge in [0.2, 0.25) is 0 Å². The molecule has 0 bridgehead atoms. The molecule has 0 radical (unpaired) electrons. The van der Waals surface area contributed by atoms with Crippen LogP contribution in [0.3, 0.4) is 0 Å². The van der Waals surface area contributed by atoms with Crippen LogP contribution in [0, 0.1) is 0 Å². The molecule has 4 nitrogen and oxygen atoms in total. The fourth-order valence-corrected chi connectivity index (χ4v) is 5.87. The van der Waals surface area contributed by atoms with Gasteiger partial charge >= 0.3 is 7.82 Å². The van der Waals surface area contributed by atoms with Crippen molar-refractivity contribution in [3.63, 3.8) is 0 Å². The number of thiol groups is 1. The molecule has 144 valence electrons. The molecule has 1 N–H and O–H groups in total. The number of benzene rings is 2. The average Bonchev–Trinajstić information content (AvgIpc) is 2.67. The highest BCUT2D eigenvalue weighted by Gasteiger charge is 2.26. The molecule has 0 saturated carbocycles. The molecule has 1 atom stereocenters. The first-order valence-electron chi connectivity index (χ1n) is 9.19. The van der Waals surface area contributed by atoms with Crippen LogP contribution in [-0.4, -0.2) is 11.5 Å². The molecule has 1 unspecified atom stereocenters. The number of hydrogen-bond acceptors (Lipinski definition) is 3. The minimum Gasteiger partial charge on any atom is -0.302 e. The molecule has 2 rings (SSSR count). The van der Waals surface area contributed by atoms with E-state index >= 15 is 0 Å². The highest BCUT2D eigenvalue weighted by atomic mass is 32.2. The van der Waals surface area contributed by atoms with Gasteiger partial charge in [0.15, 0.2) is 0 Å². The zero-order chi connectivity index (χ0) is 18.7. The number of phosphoric acid groups is 1. The molecular formula is C20H29O4PS. The van der Waals surface area contributed by atoms with Gasteiger partial charge in [0.05, 0.1) is 6.61 Å². The molecule has 0 aliphatic carbocycles. The summed E-state index contributed by atoms with van der Waals surface area (Å²) in [6.07, 6.45) is 6.56. The van der Waals surface area contributed by atoms with Crippen LogP contribution < -0.4 is 0 Å². The van der Waals surface area contributed by atoms with Crippen LogP contribution in [-0.2, 0) is 13.1 Å². The van der Waals surface area contributed by atoms with Crippen LogP contribution in [0.25, 0.3) is 0 Å². The lowest BCUT2D eigenvalue weighted by Crippen LogP contribution is -1.98. The summed E-state index contributed by atoms with van der Waals surface area (Å²) in [6, 6.07) is 19.1. The van der Waals surface area contributed by atoms with E-state index in [0.29, 0.717) is 0 Å². The van der Waals surface area contributed by atoms with Crippen molar-refractivity contribution >= 4 is 19.0 Å². The summed E-state index contributed by atoms with van der Waals surface area (Å²) in [6.45, 7) is 2.42. The van der Waals surface area contributed by atoms with E-state index in [1.165, 1.54) is 19.3 Å². The van der Waals surface area contributed by atoms with Crippen molar-refractivity contribution in [2.45, 2.75) is 55.2 Å². The van der Waals surface area contributed by atoms with E-state index in [0.717, 1.165) is 29.1 Å². The Morgan fingerprint density at radius 2 is 1.35 bits per heavy atom. The van der Waals surface area contributed by atoms with E-state index in [-0.39, 0.29) is 6.61 Å². The maximum Gasteiger partial charge on any atom is 0.482 e. The highest BCUT2D eigenvalue weighted by Crippen LogP contribution is 2.59. The Balaban J connectivity index is 1.93. The first-order valence-corrected chi connectivity index (χ1v) is 11.9. The monoisotopic (exact) mass is 396 g/mol. The fraction of sp³-hybridized carbons (Fsp3) is 0.400. The molecular weight excluding hydrogens is 367 g/mol. The average molecular weight is 396 g/mol. The van der Waals surface area contributed by atoms with Crippen molar-refractivity contribution in [1.82, 2.24) is 0 Å². The van der Waals surface area contributed by atoms with E-state index < -0.39 is 19.0 Å². The maximum absolute atomic E-state index is 12.4. The summed E-state index contributed by atoms with van der Waals surface area (Å²) >= 11 is -1.41. The normalized spacial score (nSPS) is 14.0. The lowest BCUT2D eigenvalue weighted by atomic mass is 10.1. The predicted molar refractivity (Wildman–Crippen MR) is 109 cm³/mol. The first-order chi connectivity index (χ1) is 12.6. The molecule has 0 fully saturated rings. The lowest BCUT2D eigenvalue weighted by Gasteiger charge is -2.24. The van der Waals surface area contributed by atoms with Gasteiger partial charge in [-0.1, -0.05) is 86.6 Å². The lowest BCUT2D eigenvalue weighted by molar-refractivity contribution is 0.206. The van der Waals surface area contributed by atoms with Gasteiger partial charge in [-0.15, -0.1) is 0 Å². The van der Waals surface area contributed by atoms with Crippen LogP contribution in [0.4, 0.5) is 0 Å². The number of rotatable bonds is 12. The van der Waals surface area contributed by atoms with E-state index in [9.17, 15) is 9.46 Å². The minimum absolute atomic E-state index is 0.243. The number of unbranched alkanes of at least 4 members (excludes halogenated alkanes) is 5. The third-order valence-electron chi connectivity index (χ3n) is 3.92. The molecule has 2 aromatic rings. The maximum atomic E-state index is 12.4. The van der Waals surface area contributed by atoms with E-state index in [1.807, 2.05) is 60.7 Å². The van der Waals surface area contributed by atoms with Gasteiger partial charge in [0, 0.05) is 9.79 Å². The molecule has 26 heavy (non-hydrogen) atoms. The summed E-state index contributed by atoms with van der Waals surface area (Å²) in [5, 5.41) is 0. The number of hydrogen-bond donors (Lipinski definition) is 2. The zero-order valence-corrected chi connectivity index (χ0v) is 17.1. The second kappa shape index (κ2) is 11.6. The van der Waals surface area contributed by atoms with Crippen LogP contribution in [0.5, 0.6) is 0 Å². The topological polar surface area (TPSA) is 55.8 Å². The second-order valence-electron chi connectivity index (χ2n) is 6.12. The van der Waals surface area contributed by atoms with Gasteiger partial charge in [-0.25, -0.2) is 8.54 Å². The molecule has 0 heterocycles. The van der Waals surface area contributed by atoms with Crippen LogP contribution in [0.1, 0.15) is 45.4 Å². The van der Waals surface area contributed by atoms with Gasteiger partial charge in [-0.2, -0.15) is 0 Å². The van der Waals surface area contributed by atoms with Gasteiger partial charge in [-0.3, -0.25) is 4.52 Å². The Kier molecular flexibility index (Phi) is 9.44. The Labute approximate surface area is 159 Å². The van der Waals surface area contributed by atoms with Gasteiger partial charge < -0.3 is 4.89 Å². The van der Waals surface area contributed by atoms with Crippen LogP contribution >= 0.6 is 19.0 Å². The molecule has 0 aliphatic heterocycles. The standard InChI is InChI=1S/C20H29O4PS/c1-2-3-4-5-6-13-18-23-25(21,22)24-26(19-14-9-7-10-15-19)20-16-11-8-12-17-20/h7-12,14-17,26H,2-6,13,18H2,1H3,(H,21,22). The Morgan fingerprint density at radius 1 is 0.846 bits per heavy atom. The quantitative estimate of drug-likeness (QED) is 0.244. The SMILES string of the molecule is CCCCCCCCOP(=O)(O)O[SH](c1ccccc1)c1ccccc1. The molecule has 0 aliphatic rings. The molecule has 6 heteroatoms. The first kappa shape index (κ1) is 21.2. The van der Waals surface area contributed by atoms with Crippen molar-refractivity contribution in [3.8, 4) is 0 Å². The van der Waals surface area contributed by atoms with Gasteiger partial charge in [0.1, 0.15) is 0 Å². The molecule has 0 saturated heterocycles. The third kappa shape index (κ3) is 7.65. The zero-order valence-electron chi connectivity index (χ0n) is 15.3. The summed E-state index contributed by atoms with van der Waals surface area (Å²) in [4.78, 5) is 11.9. The van der Waals surface area contributed by atoms with E-state index in [4.69, 9.17) is 8.49 Å². The van der Waals surface area contributed by atoms with Gasteiger partial charge in [0.25, 0.3) is 0 Å². The van der Waals surface area contributed by atoms with Crippen molar-refractivity contribution in [2.24, 2.45) is 0 Å². The Hall–Kier alpha value is -1.10. The summed E-state index contributed by atoms with van der Waals surface area (Å²) in [7, 11) is -4.11. The van der Waals surface area contributed by atoms with E-state index in [2.05, 4.69) is 6.92 Å².